The van der Waals surface area contributed by atoms with Crippen LogP contribution >= 0.6 is 0 Å². The largest absolute Gasteiger partial charge is 0.444 e. The molecule has 1 heterocycles. The van der Waals surface area contributed by atoms with E-state index in [1.807, 2.05) is 20.8 Å². The zero-order valence-electron chi connectivity index (χ0n) is 11.4. The highest BCUT2D eigenvalue weighted by Gasteiger charge is 2.29. The Balaban J connectivity index is 2.39. The summed E-state index contributed by atoms with van der Waals surface area (Å²) in [5.74, 6) is 0.159. The van der Waals surface area contributed by atoms with Crippen LogP contribution in [-0.4, -0.2) is 50.9 Å². The van der Waals surface area contributed by atoms with E-state index in [1.165, 1.54) is 0 Å². The van der Waals surface area contributed by atoms with Gasteiger partial charge in [-0.15, -0.1) is 0 Å². The second kappa shape index (κ2) is 5.44. The van der Waals surface area contributed by atoms with Gasteiger partial charge in [-0.25, -0.2) is 17.9 Å². The minimum atomic E-state index is -3.16. The van der Waals surface area contributed by atoms with Gasteiger partial charge in [0.05, 0.1) is 6.26 Å². The van der Waals surface area contributed by atoms with E-state index in [2.05, 4.69) is 4.72 Å². The van der Waals surface area contributed by atoms with Crippen LogP contribution in [0.1, 0.15) is 27.2 Å². The minimum absolute atomic E-state index is 0.159. The van der Waals surface area contributed by atoms with Crippen molar-refractivity contribution >= 4 is 16.1 Å². The van der Waals surface area contributed by atoms with Gasteiger partial charge in [0.1, 0.15) is 5.60 Å². The molecular formula is C11H22N2O4S. The van der Waals surface area contributed by atoms with Crippen LogP contribution in [0, 0.1) is 5.92 Å². The molecule has 0 aromatic carbocycles. The average Bonchev–Trinajstić information content (AvgIpc) is 2.58. The lowest BCUT2D eigenvalue weighted by molar-refractivity contribution is 0.0288. The first-order valence-corrected chi connectivity index (χ1v) is 7.88. The molecule has 1 fully saturated rings. The Kier molecular flexibility index (Phi) is 4.61. The summed E-state index contributed by atoms with van der Waals surface area (Å²) in [6.45, 7) is 7.00. The summed E-state index contributed by atoms with van der Waals surface area (Å²) in [7, 11) is -3.16. The maximum Gasteiger partial charge on any atom is 0.410 e. The number of amides is 1. The molecule has 0 aliphatic carbocycles. The fourth-order valence-corrected chi connectivity index (χ4v) is 2.30. The Morgan fingerprint density at radius 3 is 2.56 bits per heavy atom. The van der Waals surface area contributed by atoms with Gasteiger partial charge >= 0.3 is 6.09 Å². The van der Waals surface area contributed by atoms with E-state index in [9.17, 15) is 13.2 Å². The van der Waals surface area contributed by atoms with Crippen LogP contribution in [0.4, 0.5) is 4.79 Å². The Morgan fingerprint density at radius 1 is 1.44 bits per heavy atom. The molecule has 0 radical (unpaired) electrons. The summed E-state index contributed by atoms with van der Waals surface area (Å²) in [5, 5.41) is 0. The highest BCUT2D eigenvalue weighted by atomic mass is 32.2. The standard InChI is InChI=1S/C11H22N2O4S/c1-11(2,3)17-10(14)13-6-5-9(8-13)7-12-18(4,15)16/h9,12H,5-8H2,1-4H3. The maximum absolute atomic E-state index is 11.8. The molecule has 0 bridgehead atoms. The van der Waals surface area contributed by atoms with Crippen molar-refractivity contribution in [3.63, 3.8) is 0 Å². The second-order valence-corrected chi connectivity index (χ2v) is 7.53. The number of carbonyl (C=O) groups excluding carboxylic acids is 1. The van der Waals surface area contributed by atoms with Gasteiger partial charge in [0.15, 0.2) is 0 Å². The SMILES string of the molecule is CC(C)(C)OC(=O)N1CCC(CNS(C)(=O)=O)C1. The van der Waals surface area contributed by atoms with Crippen LogP contribution in [0.3, 0.4) is 0 Å². The van der Waals surface area contributed by atoms with Crippen LogP contribution in [0.15, 0.2) is 0 Å². The zero-order valence-corrected chi connectivity index (χ0v) is 12.2. The summed E-state index contributed by atoms with van der Waals surface area (Å²) < 4.78 is 29.7. The number of carbonyl (C=O) groups is 1. The van der Waals surface area contributed by atoms with E-state index in [4.69, 9.17) is 4.74 Å². The number of likely N-dealkylation sites (tertiary alicyclic amines) is 1. The first kappa shape index (κ1) is 15.2. The van der Waals surface area contributed by atoms with E-state index in [0.29, 0.717) is 19.6 Å². The second-order valence-electron chi connectivity index (χ2n) is 5.70. The summed E-state index contributed by atoms with van der Waals surface area (Å²) in [6.07, 6.45) is 1.60. The highest BCUT2D eigenvalue weighted by molar-refractivity contribution is 7.88. The van der Waals surface area contributed by atoms with Gasteiger partial charge < -0.3 is 9.64 Å². The van der Waals surface area contributed by atoms with Crippen molar-refractivity contribution in [3.8, 4) is 0 Å². The van der Waals surface area contributed by atoms with Crippen molar-refractivity contribution < 1.29 is 17.9 Å². The van der Waals surface area contributed by atoms with E-state index >= 15 is 0 Å². The minimum Gasteiger partial charge on any atom is -0.444 e. The summed E-state index contributed by atoms with van der Waals surface area (Å²) in [5.41, 5.74) is -0.500. The van der Waals surface area contributed by atoms with Crippen LogP contribution in [-0.2, 0) is 14.8 Å². The van der Waals surface area contributed by atoms with Gasteiger partial charge in [0.2, 0.25) is 10.0 Å². The molecule has 1 atom stereocenters. The molecule has 1 aliphatic rings. The summed E-state index contributed by atoms with van der Waals surface area (Å²) in [4.78, 5) is 13.4. The topological polar surface area (TPSA) is 75.7 Å². The van der Waals surface area contributed by atoms with Crippen LogP contribution < -0.4 is 4.72 Å². The first-order chi connectivity index (χ1) is 8.07. The lowest BCUT2D eigenvalue weighted by Gasteiger charge is -2.24. The first-order valence-electron chi connectivity index (χ1n) is 5.99. The number of hydrogen-bond donors (Lipinski definition) is 1. The van der Waals surface area contributed by atoms with E-state index in [-0.39, 0.29) is 12.0 Å². The van der Waals surface area contributed by atoms with Gasteiger partial charge in [0, 0.05) is 19.6 Å². The molecule has 0 aromatic rings. The molecule has 7 heteroatoms. The van der Waals surface area contributed by atoms with E-state index in [1.54, 1.807) is 4.90 Å². The van der Waals surface area contributed by atoms with Crippen LogP contribution in [0.5, 0.6) is 0 Å². The Hall–Kier alpha value is -0.820. The number of rotatable bonds is 3. The quantitative estimate of drug-likeness (QED) is 0.828. The predicted octanol–water partition coefficient (Wildman–Crippen LogP) is 0.793. The molecule has 6 nitrogen and oxygen atoms in total. The van der Waals surface area contributed by atoms with E-state index in [0.717, 1.165) is 12.7 Å². The highest BCUT2D eigenvalue weighted by Crippen LogP contribution is 2.18. The van der Waals surface area contributed by atoms with E-state index < -0.39 is 15.6 Å². The molecular weight excluding hydrogens is 256 g/mol. The smallest absolute Gasteiger partial charge is 0.410 e. The Labute approximate surface area is 109 Å². The fourth-order valence-electron chi connectivity index (χ4n) is 1.76. The van der Waals surface area contributed by atoms with Gasteiger partial charge in [-0.2, -0.15) is 0 Å². The van der Waals surface area contributed by atoms with Crippen molar-refractivity contribution in [1.82, 2.24) is 9.62 Å². The van der Waals surface area contributed by atoms with Crippen LogP contribution in [0.2, 0.25) is 0 Å². The van der Waals surface area contributed by atoms with Crippen molar-refractivity contribution in [3.05, 3.63) is 0 Å². The predicted molar refractivity (Wildman–Crippen MR) is 68.8 cm³/mol. The van der Waals surface area contributed by atoms with Crippen molar-refractivity contribution in [1.29, 1.82) is 0 Å². The lowest BCUT2D eigenvalue weighted by Crippen LogP contribution is -2.36. The molecule has 0 aromatic heterocycles. The average molecular weight is 278 g/mol. The van der Waals surface area contributed by atoms with Gasteiger partial charge in [-0.05, 0) is 33.1 Å². The van der Waals surface area contributed by atoms with Crippen LogP contribution in [0.25, 0.3) is 0 Å². The Bertz CT molecular complexity index is 400. The van der Waals surface area contributed by atoms with Gasteiger partial charge in [-0.3, -0.25) is 0 Å². The third-order valence-electron chi connectivity index (χ3n) is 2.57. The van der Waals surface area contributed by atoms with Crippen molar-refractivity contribution in [2.24, 2.45) is 5.92 Å². The molecule has 18 heavy (non-hydrogen) atoms. The Morgan fingerprint density at radius 2 is 2.06 bits per heavy atom. The molecule has 0 spiro atoms. The van der Waals surface area contributed by atoms with Crippen molar-refractivity contribution in [2.45, 2.75) is 32.8 Å². The molecule has 106 valence electrons. The molecule has 1 unspecified atom stereocenters. The lowest BCUT2D eigenvalue weighted by atomic mass is 10.1. The van der Waals surface area contributed by atoms with Gasteiger partial charge in [-0.1, -0.05) is 0 Å². The molecule has 1 saturated heterocycles. The molecule has 0 saturated carbocycles. The molecule has 1 amide bonds. The third-order valence-corrected chi connectivity index (χ3v) is 3.26. The third kappa shape index (κ3) is 5.68. The fraction of sp³-hybridized carbons (Fsp3) is 0.909. The summed E-state index contributed by atoms with van der Waals surface area (Å²) in [6, 6.07) is 0. The normalized spacial score (nSPS) is 21.1. The molecule has 1 rings (SSSR count). The number of nitrogens with zero attached hydrogens (tertiary/aromatic N) is 1. The zero-order chi connectivity index (χ0) is 14.0. The maximum atomic E-state index is 11.8. The van der Waals surface area contributed by atoms with Crippen molar-refractivity contribution in [2.75, 3.05) is 25.9 Å². The number of nitrogens with one attached hydrogen (secondary N) is 1. The molecule has 1 aliphatic heterocycles. The van der Waals surface area contributed by atoms with Gasteiger partial charge in [0.25, 0.3) is 0 Å². The number of ether oxygens (including phenoxy) is 1. The summed E-state index contributed by atoms with van der Waals surface area (Å²) >= 11 is 0. The molecule has 1 N–H and O–H groups in total. The number of sulfonamides is 1. The number of hydrogen-bond acceptors (Lipinski definition) is 4. The monoisotopic (exact) mass is 278 g/mol.